The van der Waals surface area contributed by atoms with Gasteiger partial charge in [0, 0.05) is 6.54 Å². The van der Waals surface area contributed by atoms with E-state index in [9.17, 15) is 24.5 Å². The number of rotatable bonds is 46. The molecule has 6 N–H and O–H groups in total. The van der Waals surface area contributed by atoms with Crippen LogP contribution in [0.25, 0.3) is 0 Å². The van der Waals surface area contributed by atoms with E-state index < -0.39 is 38.6 Å². The normalized spacial score (nSPS) is 14.8. The maximum Gasteiger partial charge on any atom is 0.472 e. The van der Waals surface area contributed by atoms with Crippen LogP contribution < -0.4 is 11.1 Å². The Bertz CT molecular complexity index is 1100. The predicted molar refractivity (Wildman–Crippen MR) is 255 cm³/mol. The van der Waals surface area contributed by atoms with Crippen molar-refractivity contribution in [2.24, 2.45) is 5.73 Å². The Balaban J connectivity index is 4.32. The number of nitrogens with two attached hydrogens (primary N) is 1. The SMILES string of the molecule is CCCCCCCCCCC/C=C\CCCCCCCC(O)CC(=O)NC(COP(=O)(O)OCCN)C(O)/C=C/CC/C=C/CC/C=C/CCCCCCCCCCCC. The number of unbranched alkanes of at least 4 members (excludes halogenated alkanes) is 26. The molecule has 60 heavy (non-hydrogen) atoms. The molecule has 0 aromatic carbocycles. The van der Waals surface area contributed by atoms with Crippen LogP contribution in [-0.2, 0) is 18.4 Å². The highest BCUT2D eigenvalue weighted by molar-refractivity contribution is 7.47. The van der Waals surface area contributed by atoms with Crippen LogP contribution in [0.15, 0.2) is 48.6 Å². The number of phosphoric ester groups is 1. The van der Waals surface area contributed by atoms with Crippen LogP contribution in [-0.4, -0.2) is 59.0 Å². The van der Waals surface area contributed by atoms with Gasteiger partial charge in [-0.05, 0) is 70.6 Å². The van der Waals surface area contributed by atoms with Gasteiger partial charge in [-0.15, -0.1) is 0 Å². The second-order valence-corrected chi connectivity index (χ2v) is 18.3. The zero-order chi connectivity index (χ0) is 44.0. The molecule has 1 amide bonds. The molecule has 0 aliphatic heterocycles. The smallest absolute Gasteiger partial charge is 0.393 e. The Labute approximate surface area is 369 Å². The van der Waals surface area contributed by atoms with E-state index in [-0.39, 0.29) is 19.6 Å². The summed E-state index contributed by atoms with van der Waals surface area (Å²) in [7, 11) is -4.42. The number of aliphatic hydroxyl groups excluding tert-OH is 2. The summed E-state index contributed by atoms with van der Waals surface area (Å²) in [6, 6.07) is -1.01. The second kappa shape index (κ2) is 45.4. The third kappa shape index (κ3) is 43.1. The molecule has 4 atom stereocenters. The fraction of sp³-hybridized carbons (Fsp3) is 0.820. The van der Waals surface area contributed by atoms with Crippen LogP contribution in [0.2, 0.25) is 0 Å². The molecule has 10 heteroatoms. The quantitative estimate of drug-likeness (QED) is 0.0230. The predicted octanol–water partition coefficient (Wildman–Crippen LogP) is 13.4. The fourth-order valence-electron chi connectivity index (χ4n) is 7.14. The lowest BCUT2D eigenvalue weighted by atomic mass is 10.0. The third-order valence-corrected chi connectivity index (χ3v) is 11.9. The lowest BCUT2D eigenvalue weighted by Gasteiger charge is -2.24. The first-order valence-corrected chi connectivity index (χ1v) is 26.3. The van der Waals surface area contributed by atoms with Crippen molar-refractivity contribution >= 4 is 13.7 Å². The van der Waals surface area contributed by atoms with E-state index in [1.165, 1.54) is 135 Å². The van der Waals surface area contributed by atoms with Gasteiger partial charge in [0.15, 0.2) is 0 Å². The van der Waals surface area contributed by atoms with E-state index in [0.717, 1.165) is 57.8 Å². The lowest BCUT2D eigenvalue weighted by Crippen LogP contribution is -2.46. The van der Waals surface area contributed by atoms with Crippen molar-refractivity contribution in [3.8, 4) is 0 Å². The average molecular weight is 867 g/mol. The monoisotopic (exact) mass is 867 g/mol. The van der Waals surface area contributed by atoms with Crippen molar-refractivity contribution in [3.63, 3.8) is 0 Å². The largest absolute Gasteiger partial charge is 0.472 e. The minimum atomic E-state index is -4.42. The highest BCUT2D eigenvalue weighted by atomic mass is 31.2. The van der Waals surface area contributed by atoms with Crippen molar-refractivity contribution < 1.29 is 33.5 Å². The summed E-state index contributed by atoms with van der Waals surface area (Å²) in [5.41, 5.74) is 5.37. The van der Waals surface area contributed by atoms with Crippen LogP contribution in [0.1, 0.15) is 226 Å². The number of hydrogen-bond donors (Lipinski definition) is 5. The molecule has 0 saturated carbocycles. The molecule has 0 radical (unpaired) electrons. The van der Waals surface area contributed by atoms with Gasteiger partial charge in [0.2, 0.25) is 5.91 Å². The number of amides is 1. The van der Waals surface area contributed by atoms with Gasteiger partial charge in [-0.2, -0.15) is 0 Å². The highest BCUT2D eigenvalue weighted by Crippen LogP contribution is 2.43. The molecule has 0 saturated heterocycles. The van der Waals surface area contributed by atoms with Gasteiger partial charge in [0.25, 0.3) is 0 Å². The number of phosphoric acid groups is 1. The Morgan fingerprint density at radius 2 is 0.950 bits per heavy atom. The van der Waals surface area contributed by atoms with E-state index in [1.807, 2.05) is 6.08 Å². The Hall–Kier alpha value is -1.58. The molecule has 0 bridgehead atoms. The van der Waals surface area contributed by atoms with Crippen molar-refractivity contribution in [1.29, 1.82) is 0 Å². The maximum atomic E-state index is 12.9. The van der Waals surface area contributed by atoms with Gasteiger partial charge in [0.05, 0.1) is 37.9 Å². The van der Waals surface area contributed by atoms with Gasteiger partial charge in [-0.3, -0.25) is 13.8 Å². The van der Waals surface area contributed by atoms with Crippen molar-refractivity contribution in [2.45, 2.75) is 244 Å². The Kier molecular flexibility index (Phi) is 44.2. The summed E-state index contributed by atoms with van der Waals surface area (Å²) in [5.74, 6) is -0.464. The molecule has 0 aliphatic rings. The number of hydrogen-bond acceptors (Lipinski definition) is 7. The first kappa shape index (κ1) is 58.4. The van der Waals surface area contributed by atoms with Gasteiger partial charge in [-0.25, -0.2) is 4.57 Å². The van der Waals surface area contributed by atoms with Crippen LogP contribution >= 0.6 is 7.82 Å². The molecule has 0 aliphatic carbocycles. The summed E-state index contributed by atoms with van der Waals surface area (Å²) < 4.78 is 22.1. The molecule has 0 rings (SSSR count). The first-order valence-electron chi connectivity index (χ1n) is 24.8. The van der Waals surface area contributed by atoms with Crippen LogP contribution in [0.4, 0.5) is 0 Å². The lowest BCUT2D eigenvalue weighted by molar-refractivity contribution is -0.124. The zero-order valence-electron chi connectivity index (χ0n) is 38.8. The summed E-state index contributed by atoms with van der Waals surface area (Å²) >= 11 is 0. The van der Waals surface area contributed by atoms with Crippen LogP contribution in [0.5, 0.6) is 0 Å². The summed E-state index contributed by atoms with van der Waals surface area (Å²) in [6.07, 6.45) is 53.5. The number of carbonyl (C=O) groups is 1. The van der Waals surface area contributed by atoms with E-state index >= 15 is 0 Å². The van der Waals surface area contributed by atoms with E-state index in [1.54, 1.807) is 6.08 Å². The van der Waals surface area contributed by atoms with Crippen LogP contribution in [0.3, 0.4) is 0 Å². The van der Waals surface area contributed by atoms with E-state index in [2.05, 4.69) is 55.6 Å². The van der Waals surface area contributed by atoms with Crippen molar-refractivity contribution in [2.75, 3.05) is 19.8 Å². The third-order valence-electron chi connectivity index (χ3n) is 10.9. The van der Waals surface area contributed by atoms with Gasteiger partial charge < -0.3 is 26.2 Å². The van der Waals surface area contributed by atoms with Crippen molar-refractivity contribution in [3.05, 3.63) is 48.6 Å². The first-order chi connectivity index (χ1) is 29.3. The highest BCUT2D eigenvalue weighted by Gasteiger charge is 2.27. The molecule has 0 aromatic rings. The molecule has 9 nitrogen and oxygen atoms in total. The fourth-order valence-corrected chi connectivity index (χ4v) is 7.90. The zero-order valence-corrected chi connectivity index (χ0v) is 39.7. The Morgan fingerprint density at radius 1 is 0.567 bits per heavy atom. The molecule has 0 heterocycles. The minimum Gasteiger partial charge on any atom is -0.393 e. The number of carbonyl (C=O) groups excluding carboxylic acids is 1. The number of allylic oxidation sites excluding steroid dienone is 7. The standard InChI is InChI=1S/C50H95N2O7P/c1-3-5-7-9-11-13-15-17-19-21-23-24-26-28-30-32-34-36-38-40-42-49(54)48(46-59-60(56,57)58-44-43-51)52-50(55)45-47(53)41-39-37-35-33-31-29-27-25-22-20-18-16-14-12-10-8-6-4-2/h24-27,32,34,40,42,47-49,53-54H,3-23,28-31,33,35-39,41,43-46,51H2,1-2H3,(H,52,55)(H,56,57)/b26-24+,27-25-,34-32+,42-40+. The molecule has 0 aromatic heterocycles. The topological polar surface area (TPSA) is 151 Å². The molecule has 0 spiro atoms. The van der Waals surface area contributed by atoms with E-state index in [4.69, 9.17) is 14.8 Å². The molecular weight excluding hydrogens is 772 g/mol. The molecule has 352 valence electrons. The van der Waals surface area contributed by atoms with Gasteiger partial charge >= 0.3 is 7.82 Å². The molecule has 0 fully saturated rings. The number of aliphatic hydroxyl groups is 2. The van der Waals surface area contributed by atoms with Crippen LogP contribution in [0, 0.1) is 0 Å². The van der Waals surface area contributed by atoms with E-state index in [0.29, 0.717) is 12.8 Å². The summed E-state index contributed by atoms with van der Waals surface area (Å²) in [5, 5.41) is 24.1. The van der Waals surface area contributed by atoms with Gasteiger partial charge in [-0.1, -0.05) is 197 Å². The minimum absolute atomic E-state index is 0.0404. The average Bonchev–Trinajstić information content (AvgIpc) is 3.23. The maximum absolute atomic E-state index is 12.9. The van der Waals surface area contributed by atoms with Crippen molar-refractivity contribution in [1.82, 2.24) is 5.32 Å². The Morgan fingerprint density at radius 3 is 1.38 bits per heavy atom. The second-order valence-electron chi connectivity index (χ2n) is 16.8. The number of nitrogens with one attached hydrogen (secondary N) is 1. The molecule has 4 unspecified atom stereocenters. The summed E-state index contributed by atoms with van der Waals surface area (Å²) in [6.45, 7) is 3.95. The molecular formula is C50H95N2O7P. The summed E-state index contributed by atoms with van der Waals surface area (Å²) in [4.78, 5) is 22.8. The van der Waals surface area contributed by atoms with Gasteiger partial charge in [0.1, 0.15) is 0 Å².